The molecule has 1 atom stereocenters. The van der Waals surface area contributed by atoms with Crippen LogP contribution >= 0.6 is 35.9 Å². The second kappa shape index (κ2) is 9.82. The Hall–Kier alpha value is -0.360. The molecule has 3 nitrogen and oxygen atoms in total. The second-order valence-electron chi connectivity index (χ2n) is 6.12. The third kappa shape index (κ3) is 5.89. The van der Waals surface area contributed by atoms with Crippen molar-refractivity contribution in [2.75, 3.05) is 25.1 Å². The van der Waals surface area contributed by atoms with Crippen LogP contribution in [-0.2, 0) is 0 Å². The van der Waals surface area contributed by atoms with E-state index in [1.54, 1.807) is 4.90 Å². The number of hydrogen-bond donors (Lipinski definition) is 1. The first-order valence-corrected chi connectivity index (χ1v) is 9.93. The van der Waals surface area contributed by atoms with Crippen LogP contribution in [0.4, 0.5) is 0 Å². The number of carbonyl (C=O) groups excluding carboxylic acids is 1. The summed E-state index contributed by atoms with van der Waals surface area (Å²) in [5.74, 6) is 2.96. The van der Waals surface area contributed by atoms with Gasteiger partial charge in [-0.15, -0.1) is 35.9 Å². The van der Waals surface area contributed by atoms with Crippen molar-refractivity contribution in [2.45, 2.75) is 30.9 Å². The van der Waals surface area contributed by atoms with Crippen LogP contribution in [0.1, 0.15) is 40.8 Å². The first-order chi connectivity index (χ1) is 10.5. The van der Waals surface area contributed by atoms with Crippen molar-refractivity contribution in [1.82, 2.24) is 4.90 Å². The summed E-state index contributed by atoms with van der Waals surface area (Å²) in [6.07, 6.45) is 0.841. The van der Waals surface area contributed by atoms with Crippen molar-refractivity contribution >= 4 is 41.8 Å². The molecule has 0 aromatic heterocycles. The Kier molecular flexibility index (Phi) is 8.83. The van der Waals surface area contributed by atoms with Crippen LogP contribution in [0.3, 0.4) is 0 Å². The molecule has 0 saturated carbocycles. The molecule has 0 aliphatic carbocycles. The topological polar surface area (TPSA) is 46.3 Å². The number of amides is 1. The lowest BCUT2D eigenvalue weighted by Crippen LogP contribution is -2.34. The summed E-state index contributed by atoms with van der Waals surface area (Å²) in [6.45, 7) is 4.93. The number of rotatable bonds is 6. The molecule has 1 aliphatic heterocycles. The highest BCUT2D eigenvalue weighted by atomic mass is 35.5. The Morgan fingerprint density at radius 2 is 1.83 bits per heavy atom. The van der Waals surface area contributed by atoms with Crippen LogP contribution in [0.2, 0.25) is 0 Å². The zero-order valence-corrected chi connectivity index (χ0v) is 16.5. The van der Waals surface area contributed by atoms with Gasteiger partial charge in [-0.1, -0.05) is 26.0 Å². The largest absolute Gasteiger partial charge is 0.342 e. The van der Waals surface area contributed by atoms with Crippen LogP contribution in [-0.4, -0.2) is 41.9 Å². The Morgan fingerprint density at radius 3 is 2.35 bits per heavy atom. The van der Waals surface area contributed by atoms with E-state index in [1.807, 2.05) is 42.7 Å². The SMILES string of the molecule is CC(C)C(N)CCN(C)C(=O)c1ccc(C2SCCS2)cc1.Cl. The summed E-state index contributed by atoms with van der Waals surface area (Å²) < 4.78 is 0.533. The predicted molar refractivity (Wildman–Crippen MR) is 106 cm³/mol. The zero-order chi connectivity index (χ0) is 16.1. The van der Waals surface area contributed by atoms with Crippen LogP contribution in [0.15, 0.2) is 24.3 Å². The van der Waals surface area contributed by atoms with Gasteiger partial charge in [0.2, 0.25) is 0 Å². The molecule has 130 valence electrons. The molecule has 23 heavy (non-hydrogen) atoms. The molecule has 2 N–H and O–H groups in total. The van der Waals surface area contributed by atoms with E-state index in [2.05, 4.69) is 26.0 Å². The van der Waals surface area contributed by atoms with Gasteiger partial charge in [-0.25, -0.2) is 0 Å². The number of thioether (sulfide) groups is 2. The number of nitrogens with two attached hydrogens (primary N) is 1. The molecular weight excluding hydrogens is 348 g/mol. The van der Waals surface area contributed by atoms with Gasteiger partial charge >= 0.3 is 0 Å². The monoisotopic (exact) mass is 374 g/mol. The maximum Gasteiger partial charge on any atom is 0.253 e. The van der Waals surface area contributed by atoms with Crippen molar-refractivity contribution in [1.29, 1.82) is 0 Å². The third-order valence-electron chi connectivity index (χ3n) is 4.05. The van der Waals surface area contributed by atoms with Crippen molar-refractivity contribution in [3.05, 3.63) is 35.4 Å². The average Bonchev–Trinajstić information content (AvgIpc) is 3.06. The number of carbonyl (C=O) groups is 1. The fraction of sp³-hybridized carbons (Fsp3) is 0.588. The molecule has 1 saturated heterocycles. The molecule has 1 heterocycles. The highest BCUT2D eigenvalue weighted by molar-refractivity contribution is 8.19. The first kappa shape index (κ1) is 20.7. The summed E-state index contributed by atoms with van der Waals surface area (Å²) in [5.41, 5.74) is 8.13. The van der Waals surface area contributed by atoms with Gasteiger partial charge in [0.05, 0.1) is 4.58 Å². The van der Waals surface area contributed by atoms with Crippen molar-refractivity contribution in [3.8, 4) is 0 Å². The maximum absolute atomic E-state index is 12.4. The van der Waals surface area contributed by atoms with Gasteiger partial charge in [-0.05, 0) is 30.0 Å². The van der Waals surface area contributed by atoms with Crippen LogP contribution in [0, 0.1) is 5.92 Å². The smallest absolute Gasteiger partial charge is 0.253 e. The molecule has 0 spiro atoms. The number of benzene rings is 1. The fourth-order valence-corrected chi connectivity index (χ4v) is 5.19. The Morgan fingerprint density at radius 1 is 1.26 bits per heavy atom. The third-order valence-corrected chi connectivity index (χ3v) is 7.16. The average molecular weight is 375 g/mol. The standard InChI is InChI=1S/C17H26N2OS2.ClH/c1-12(2)15(18)8-9-19(3)16(20)13-4-6-14(7-5-13)17-21-10-11-22-17;/h4-7,12,15,17H,8-11,18H2,1-3H3;1H. The lowest BCUT2D eigenvalue weighted by Gasteiger charge is -2.21. The molecule has 2 rings (SSSR count). The summed E-state index contributed by atoms with van der Waals surface area (Å²) in [7, 11) is 1.85. The minimum atomic E-state index is 0. The van der Waals surface area contributed by atoms with Crippen molar-refractivity contribution < 1.29 is 4.79 Å². The van der Waals surface area contributed by atoms with E-state index in [4.69, 9.17) is 5.73 Å². The fourth-order valence-electron chi connectivity index (χ4n) is 2.33. The van der Waals surface area contributed by atoms with Gasteiger partial charge in [-0.2, -0.15) is 0 Å². The molecule has 0 radical (unpaired) electrons. The van der Waals surface area contributed by atoms with E-state index in [0.717, 1.165) is 12.0 Å². The second-order valence-corrected chi connectivity index (χ2v) is 8.84. The van der Waals surface area contributed by atoms with E-state index < -0.39 is 0 Å². The van der Waals surface area contributed by atoms with Gasteiger partial charge < -0.3 is 10.6 Å². The van der Waals surface area contributed by atoms with E-state index in [0.29, 0.717) is 17.0 Å². The Labute approximate surface area is 154 Å². The number of halogens is 1. The minimum absolute atomic E-state index is 0. The van der Waals surface area contributed by atoms with Gasteiger partial charge in [0, 0.05) is 36.7 Å². The summed E-state index contributed by atoms with van der Waals surface area (Å²) in [5, 5.41) is 0. The van der Waals surface area contributed by atoms with Gasteiger partial charge in [0.1, 0.15) is 0 Å². The van der Waals surface area contributed by atoms with Crippen molar-refractivity contribution in [3.63, 3.8) is 0 Å². The Balaban J connectivity index is 0.00000264. The molecule has 1 aliphatic rings. The molecule has 6 heteroatoms. The minimum Gasteiger partial charge on any atom is -0.342 e. The molecular formula is C17H27ClN2OS2. The van der Waals surface area contributed by atoms with E-state index in [1.165, 1.54) is 17.1 Å². The first-order valence-electron chi connectivity index (χ1n) is 7.83. The van der Waals surface area contributed by atoms with Gasteiger partial charge in [0.25, 0.3) is 5.91 Å². The number of nitrogens with zero attached hydrogens (tertiary/aromatic N) is 1. The summed E-state index contributed by atoms with van der Waals surface area (Å²) in [6, 6.07) is 8.24. The molecule has 1 aromatic rings. The quantitative estimate of drug-likeness (QED) is 0.816. The maximum atomic E-state index is 12.4. The highest BCUT2D eigenvalue weighted by Gasteiger charge is 2.19. The van der Waals surface area contributed by atoms with Crippen LogP contribution in [0.5, 0.6) is 0 Å². The van der Waals surface area contributed by atoms with Gasteiger partial charge in [-0.3, -0.25) is 4.79 Å². The predicted octanol–water partition coefficient (Wildman–Crippen LogP) is 4.03. The van der Waals surface area contributed by atoms with Crippen molar-refractivity contribution in [2.24, 2.45) is 11.7 Å². The molecule has 1 fully saturated rings. The van der Waals surface area contributed by atoms with Crippen LogP contribution < -0.4 is 5.73 Å². The highest BCUT2D eigenvalue weighted by Crippen LogP contribution is 2.45. The molecule has 1 aromatic carbocycles. The Bertz CT molecular complexity index is 490. The summed E-state index contributed by atoms with van der Waals surface area (Å²) >= 11 is 3.97. The van der Waals surface area contributed by atoms with E-state index >= 15 is 0 Å². The van der Waals surface area contributed by atoms with E-state index in [-0.39, 0.29) is 24.4 Å². The van der Waals surface area contributed by atoms with Gasteiger partial charge in [0.15, 0.2) is 0 Å². The summed E-state index contributed by atoms with van der Waals surface area (Å²) in [4.78, 5) is 14.2. The van der Waals surface area contributed by atoms with E-state index in [9.17, 15) is 4.79 Å². The molecule has 1 amide bonds. The lowest BCUT2D eigenvalue weighted by atomic mass is 10.0. The number of hydrogen-bond acceptors (Lipinski definition) is 4. The molecule has 0 bridgehead atoms. The molecule has 1 unspecified atom stereocenters. The lowest BCUT2D eigenvalue weighted by molar-refractivity contribution is 0.0789. The van der Waals surface area contributed by atoms with Crippen LogP contribution in [0.25, 0.3) is 0 Å². The zero-order valence-electron chi connectivity index (χ0n) is 14.0. The normalized spacial score (nSPS) is 16.2.